The molecule has 0 aliphatic heterocycles. The minimum atomic E-state index is -0.647. The SMILES string of the molecule is CCCCCCCCCCCCCCCCCCCCCCCCC=CN(C(C)O)C(C)O. The van der Waals surface area contributed by atoms with Gasteiger partial charge in [0.2, 0.25) is 0 Å². The Kier molecular flexibility index (Phi) is 25.6. The van der Waals surface area contributed by atoms with Crippen molar-refractivity contribution in [3.63, 3.8) is 0 Å². The Morgan fingerprint density at radius 2 is 0.758 bits per heavy atom. The van der Waals surface area contributed by atoms with Crippen LogP contribution in [0.3, 0.4) is 0 Å². The molecule has 0 fully saturated rings. The largest absolute Gasteiger partial charge is 0.374 e. The molecule has 33 heavy (non-hydrogen) atoms. The highest BCUT2D eigenvalue weighted by Gasteiger charge is 2.10. The first-order chi connectivity index (χ1) is 16.1. The van der Waals surface area contributed by atoms with Crippen molar-refractivity contribution in [1.29, 1.82) is 0 Å². The second-order valence-corrected chi connectivity index (χ2v) is 10.3. The first kappa shape index (κ1) is 32.5. The van der Waals surface area contributed by atoms with Gasteiger partial charge in [-0.05, 0) is 26.7 Å². The fourth-order valence-electron chi connectivity index (χ4n) is 4.63. The number of aliphatic hydroxyl groups is 2. The molecule has 2 unspecified atom stereocenters. The van der Waals surface area contributed by atoms with Crippen molar-refractivity contribution in [2.45, 2.75) is 181 Å². The first-order valence-electron chi connectivity index (χ1n) is 14.9. The van der Waals surface area contributed by atoms with Gasteiger partial charge >= 0.3 is 0 Å². The Morgan fingerprint density at radius 1 is 0.485 bits per heavy atom. The standard InChI is InChI=1S/C30H61NO2/c1-4-5-6-7-8-9-10-11-12-13-14-15-16-17-18-19-20-21-22-23-24-25-26-27-28-31(29(2)32)30(3)33/h27-30,32-33H,4-26H2,1-3H3. The third-order valence-electron chi connectivity index (χ3n) is 6.86. The number of hydrogen-bond acceptors (Lipinski definition) is 3. The summed E-state index contributed by atoms with van der Waals surface area (Å²) in [6.07, 6.45) is 34.8. The van der Waals surface area contributed by atoms with E-state index in [1.165, 1.54) is 141 Å². The van der Waals surface area contributed by atoms with Crippen molar-refractivity contribution in [3.05, 3.63) is 12.3 Å². The molecular formula is C30H61NO2. The topological polar surface area (TPSA) is 43.7 Å². The maximum absolute atomic E-state index is 9.58. The molecule has 0 bridgehead atoms. The van der Waals surface area contributed by atoms with Gasteiger partial charge in [-0.3, -0.25) is 0 Å². The molecule has 0 spiro atoms. The van der Waals surface area contributed by atoms with Crippen molar-refractivity contribution < 1.29 is 10.2 Å². The predicted molar refractivity (Wildman–Crippen MR) is 146 cm³/mol. The van der Waals surface area contributed by atoms with Gasteiger partial charge in [-0.15, -0.1) is 0 Å². The number of unbranched alkanes of at least 4 members (excludes halogenated alkanes) is 22. The predicted octanol–water partition coefficient (Wildman–Crippen LogP) is 9.47. The van der Waals surface area contributed by atoms with Gasteiger partial charge < -0.3 is 15.1 Å². The van der Waals surface area contributed by atoms with Crippen LogP contribution in [0.25, 0.3) is 0 Å². The number of nitrogens with zero attached hydrogens (tertiary/aromatic N) is 1. The summed E-state index contributed by atoms with van der Waals surface area (Å²) in [4.78, 5) is 1.57. The maximum atomic E-state index is 9.58. The van der Waals surface area contributed by atoms with E-state index < -0.39 is 12.5 Å². The second kappa shape index (κ2) is 26.1. The van der Waals surface area contributed by atoms with Crippen molar-refractivity contribution in [2.24, 2.45) is 0 Å². The molecule has 0 radical (unpaired) electrons. The van der Waals surface area contributed by atoms with Gasteiger partial charge in [-0.25, -0.2) is 0 Å². The molecule has 3 nitrogen and oxygen atoms in total. The lowest BCUT2D eigenvalue weighted by atomic mass is 10.0. The van der Waals surface area contributed by atoms with Gasteiger partial charge in [0.1, 0.15) is 12.5 Å². The average Bonchev–Trinajstić information content (AvgIpc) is 2.78. The number of allylic oxidation sites excluding steroid dienone is 1. The molecule has 0 heterocycles. The summed E-state index contributed by atoms with van der Waals surface area (Å²) in [7, 11) is 0. The van der Waals surface area contributed by atoms with Gasteiger partial charge in [0.05, 0.1) is 0 Å². The summed E-state index contributed by atoms with van der Waals surface area (Å²) in [5.41, 5.74) is 0. The molecule has 0 aromatic carbocycles. The van der Waals surface area contributed by atoms with Crippen molar-refractivity contribution in [1.82, 2.24) is 4.90 Å². The molecule has 0 aliphatic rings. The molecule has 0 aromatic rings. The van der Waals surface area contributed by atoms with Crippen molar-refractivity contribution >= 4 is 0 Å². The summed E-state index contributed by atoms with van der Waals surface area (Å²) in [5.74, 6) is 0. The van der Waals surface area contributed by atoms with Crippen LogP contribution in [-0.4, -0.2) is 27.6 Å². The fraction of sp³-hybridized carbons (Fsp3) is 0.933. The number of aliphatic hydroxyl groups excluding tert-OH is 2. The zero-order chi connectivity index (χ0) is 24.4. The third-order valence-corrected chi connectivity index (χ3v) is 6.86. The van der Waals surface area contributed by atoms with Crippen LogP contribution in [0.4, 0.5) is 0 Å². The van der Waals surface area contributed by atoms with Crippen LogP contribution in [0.5, 0.6) is 0 Å². The van der Waals surface area contributed by atoms with E-state index in [-0.39, 0.29) is 0 Å². The summed E-state index contributed by atoms with van der Waals surface area (Å²) in [6.45, 7) is 5.65. The van der Waals surface area contributed by atoms with Crippen molar-refractivity contribution in [3.8, 4) is 0 Å². The highest BCUT2D eigenvalue weighted by Crippen LogP contribution is 2.15. The molecule has 2 N–H and O–H groups in total. The Balaban J connectivity index is 3.19. The molecule has 0 saturated carbocycles. The van der Waals surface area contributed by atoms with E-state index in [1.54, 1.807) is 18.7 Å². The minimum Gasteiger partial charge on any atom is -0.374 e. The number of rotatable bonds is 26. The van der Waals surface area contributed by atoms with E-state index in [2.05, 4.69) is 13.0 Å². The minimum absolute atomic E-state index is 0.647. The molecular weight excluding hydrogens is 406 g/mol. The van der Waals surface area contributed by atoms with Gasteiger partial charge in [0, 0.05) is 6.20 Å². The lowest BCUT2D eigenvalue weighted by Crippen LogP contribution is -2.35. The molecule has 0 rings (SSSR count). The lowest BCUT2D eigenvalue weighted by Gasteiger charge is -2.26. The van der Waals surface area contributed by atoms with Crippen LogP contribution in [0.2, 0.25) is 0 Å². The normalized spacial score (nSPS) is 13.6. The molecule has 0 aromatic heterocycles. The van der Waals surface area contributed by atoms with Crippen LogP contribution in [0.15, 0.2) is 12.3 Å². The van der Waals surface area contributed by atoms with E-state index >= 15 is 0 Å². The number of hydrogen-bond donors (Lipinski definition) is 2. The molecule has 198 valence electrons. The first-order valence-corrected chi connectivity index (χ1v) is 14.9. The lowest BCUT2D eigenvalue weighted by molar-refractivity contribution is -0.0513. The van der Waals surface area contributed by atoms with E-state index in [0.717, 1.165) is 6.42 Å². The van der Waals surface area contributed by atoms with E-state index in [9.17, 15) is 10.2 Å². The third kappa shape index (κ3) is 24.4. The summed E-state index contributed by atoms with van der Waals surface area (Å²) < 4.78 is 0. The highest BCUT2D eigenvalue weighted by atomic mass is 16.3. The molecule has 2 atom stereocenters. The van der Waals surface area contributed by atoms with E-state index in [1.807, 2.05) is 6.20 Å². The summed E-state index contributed by atoms with van der Waals surface area (Å²) in [6, 6.07) is 0. The Labute approximate surface area is 208 Å². The van der Waals surface area contributed by atoms with Gasteiger partial charge in [0.25, 0.3) is 0 Å². The maximum Gasteiger partial charge on any atom is 0.125 e. The van der Waals surface area contributed by atoms with Gasteiger partial charge in [0.15, 0.2) is 0 Å². The fourth-order valence-corrected chi connectivity index (χ4v) is 4.63. The quantitative estimate of drug-likeness (QED) is 0.0983. The Hall–Kier alpha value is -0.540. The summed E-state index contributed by atoms with van der Waals surface area (Å²) >= 11 is 0. The molecule has 0 saturated heterocycles. The smallest absolute Gasteiger partial charge is 0.125 e. The van der Waals surface area contributed by atoms with Crippen LogP contribution < -0.4 is 0 Å². The van der Waals surface area contributed by atoms with Gasteiger partial charge in [-0.2, -0.15) is 0 Å². The summed E-state index contributed by atoms with van der Waals surface area (Å²) in [5, 5.41) is 19.2. The van der Waals surface area contributed by atoms with E-state index in [4.69, 9.17) is 0 Å². The zero-order valence-electron chi connectivity index (χ0n) is 22.9. The monoisotopic (exact) mass is 467 g/mol. The molecule has 0 amide bonds. The van der Waals surface area contributed by atoms with Crippen LogP contribution in [0, 0.1) is 0 Å². The highest BCUT2D eigenvalue weighted by molar-refractivity contribution is 4.83. The zero-order valence-corrected chi connectivity index (χ0v) is 22.9. The Morgan fingerprint density at radius 3 is 1.03 bits per heavy atom. The van der Waals surface area contributed by atoms with Crippen LogP contribution >= 0.6 is 0 Å². The van der Waals surface area contributed by atoms with Crippen molar-refractivity contribution in [2.75, 3.05) is 0 Å². The van der Waals surface area contributed by atoms with Gasteiger partial charge in [-0.1, -0.05) is 148 Å². The molecule has 0 aliphatic carbocycles. The Bertz CT molecular complexity index is 387. The molecule has 3 heteroatoms. The average molecular weight is 468 g/mol. The second-order valence-electron chi connectivity index (χ2n) is 10.3. The van der Waals surface area contributed by atoms with Crippen LogP contribution in [-0.2, 0) is 0 Å². The van der Waals surface area contributed by atoms with Crippen LogP contribution in [0.1, 0.15) is 168 Å². The van der Waals surface area contributed by atoms with E-state index in [0.29, 0.717) is 0 Å².